The Morgan fingerprint density at radius 3 is 2.78 bits per heavy atom. The van der Waals surface area contributed by atoms with Gasteiger partial charge in [0.25, 0.3) is 0 Å². The fourth-order valence-corrected chi connectivity index (χ4v) is 2.93. The van der Waals surface area contributed by atoms with E-state index < -0.39 is 0 Å². The molecular formula is C19H22N2O2. The lowest BCUT2D eigenvalue weighted by Crippen LogP contribution is -2.24. The quantitative estimate of drug-likeness (QED) is 0.893. The largest absolute Gasteiger partial charge is 0.496 e. The van der Waals surface area contributed by atoms with Crippen molar-refractivity contribution in [1.82, 2.24) is 5.32 Å². The van der Waals surface area contributed by atoms with Crippen LogP contribution in [0.3, 0.4) is 0 Å². The van der Waals surface area contributed by atoms with Crippen LogP contribution in [0.15, 0.2) is 48.5 Å². The Hall–Kier alpha value is -2.33. The standard InChI is InChI=1S/C19H22N2O2/c1-23-18-8-7-17(21-19(22)15-9-10-20-13-15)12-16(18)11-14-5-3-2-4-6-14/h2-8,12,15,20H,9-11,13H2,1H3,(H,21,22). The highest BCUT2D eigenvalue weighted by atomic mass is 16.5. The van der Waals surface area contributed by atoms with E-state index in [9.17, 15) is 4.79 Å². The zero-order valence-corrected chi connectivity index (χ0v) is 13.3. The molecule has 0 aliphatic carbocycles. The number of nitrogens with one attached hydrogen (secondary N) is 2. The summed E-state index contributed by atoms with van der Waals surface area (Å²) < 4.78 is 5.45. The minimum Gasteiger partial charge on any atom is -0.496 e. The van der Waals surface area contributed by atoms with Crippen LogP contribution in [0.25, 0.3) is 0 Å². The molecular weight excluding hydrogens is 288 g/mol. The molecule has 1 atom stereocenters. The highest BCUT2D eigenvalue weighted by Gasteiger charge is 2.22. The maximum atomic E-state index is 12.3. The second-order valence-corrected chi connectivity index (χ2v) is 5.87. The fourth-order valence-electron chi connectivity index (χ4n) is 2.93. The Morgan fingerprint density at radius 2 is 2.09 bits per heavy atom. The zero-order valence-electron chi connectivity index (χ0n) is 13.3. The van der Waals surface area contributed by atoms with Gasteiger partial charge >= 0.3 is 0 Å². The van der Waals surface area contributed by atoms with Crippen LogP contribution in [0.4, 0.5) is 5.69 Å². The predicted octanol–water partition coefficient (Wildman–Crippen LogP) is 2.83. The number of hydrogen-bond donors (Lipinski definition) is 2. The molecule has 1 amide bonds. The molecule has 0 bridgehead atoms. The molecule has 0 spiro atoms. The average Bonchev–Trinajstić information content (AvgIpc) is 3.11. The van der Waals surface area contributed by atoms with Gasteiger partial charge in [0.1, 0.15) is 5.75 Å². The second kappa shape index (κ2) is 7.29. The first-order valence-electron chi connectivity index (χ1n) is 7.98. The number of carbonyl (C=O) groups excluding carboxylic acids is 1. The monoisotopic (exact) mass is 310 g/mol. The SMILES string of the molecule is COc1ccc(NC(=O)C2CCNC2)cc1Cc1ccccc1. The predicted molar refractivity (Wildman–Crippen MR) is 91.8 cm³/mol. The highest BCUT2D eigenvalue weighted by Crippen LogP contribution is 2.26. The Morgan fingerprint density at radius 1 is 1.26 bits per heavy atom. The first-order chi connectivity index (χ1) is 11.3. The smallest absolute Gasteiger partial charge is 0.228 e. The number of methoxy groups -OCH3 is 1. The van der Waals surface area contributed by atoms with Crippen LogP contribution < -0.4 is 15.4 Å². The normalized spacial score (nSPS) is 17.0. The number of rotatable bonds is 5. The van der Waals surface area contributed by atoms with E-state index in [1.807, 2.05) is 36.4 Å². The summed E-state index contributed by atoms with van der Waals surface area (Å²) in [5.74, 6) is 0.995. The van der Waals surface area contributed by atoms with Crippen molar-refractivity contribution in [2.75, 3.05) is 25.5 Å². The van der Waals surface area contributed by atoms with Gasteiger partial charge in [0.15, 0.2) is 0 Å². The molecule has 1 fully saturated rings. The van der Waals surface area contributed by atoms with Gasteiger partial charge in [0.2, 0.25) is 5.91 Å². The van der Waals surface area contributed by atoms with Gasteiger partial charge in [-0.05, 0) is 36.7 Å². The number of hydrogen-bond acceptors (Lipinski definition) is 3. The van der Waals surface area contributed by atoms with Crippen molar-refractivity contribution in [3.8, 4) is 5.75 Å². The van der Waals surface area contributed by atoms with Crippen molar-refractivity contribution >= 4 is 11.6 Å². The maximum Gasteiger partial charge on any atom is 0.228 e. The Labute approximate surface area is 136 Å². The number of ether oxygens (including phenoxy) is 1. The van der Waals surface area contributed by atoms with Crippen LogP contribution in [0.2, 0.25) is 0 Å². The summed E-state index contributed by atoms with van der Waals surface area (Å²) in [4.78, 5) is 12.3. The maximum absolute atomic E-state index is 12.3. The molecule has 2 aromatic rings. The molecule has 1 aliphatic heterocycles. The van der Waals surface area contributed by atoms with Crippen LogP contribution >= 0.6 is 0 Å². The molecule has 120 valence electrons. The fraction of sp³-hybridized carbons (Fsp3) is 0.316. The van der Waals surface area contributed by atoms with Gasteiger partial charge in [-0.2, -0.15) is 0 Å². The average molecular weight is 310 g/mol. The molecule has 0 aromatic heterocycles. The molecule has 4 nitrogen and oxygen atoms in total. The lowest BCUT2D eigenvalue weighted by atomic mass is 10.0. The molecule has 2 aromatic carbocycles. The number of carbonyl (C=O) groups is 1. The van der Waals surface area contributed by atoms with Gasteiger partial charge in [-0.3, -0.25) is 4.79 Å². The second-order valence-electron chi connectivity index (χ2n) is 5.87. The van der Waals surface area contributed by atoms with E-state index >= 15 is 0 Å². The van der Waals surface area contributed by atoms with E-state index in [1.165, 1.54) is 5.56 Å². The van der Waals surface area contributed by atoms with Gasteiger partial charge in [-0.1, -0.05) is 30.3 Å². The molecule has 0 saturated carbocycles. The lowest BCUT2D eigenvalue weighted by Gasteiger charge is -2.14. The first-order valence-corrected chi connectivity index (χ1v) is 7.98. The molecule has 0 radical (unpaired) electrons. The molecule has 1 saturated heterocycles. The van der Waals surface area contributed by atoms with Crippen molar-refractivity contribution in [3.63, 3.8) is 0 Å². The van der Waals surface area contributed by atoms with E-state index in [2.05, 4.69) is 22.8 Å². The molecule has 23 heavy (non-hydrogen) atoms. The summed E-state index contributed by atoms with van der Waals surface area (Å²) in [6.45, 7) is 1.68. The number of amides is 1. The Balaban J connectivity index is 1.76. The Kier molecular flexibility index (Phi) is 4.93. The lowest BCUT2D eigenvalue weighted by molar-refractivity contribution is -0.119. The van der Waals surface area contributed by atoms with E-state index in [4.69, 9.17) is 4.74 Å². The highest BCUT2D eigenvalue weighted by molar-refractivity contribution is 5.93. The van der Waals surface area contributed by atoms with Crippen molar-refractivity contribution in [3.05, 3.63) is 59.7 Å². The third-order valence-electron chi connectivity index (χ3n) is 4.22. The van der Waals surface area contributed by atoms with E-state index in [0.717, 1.165) is 42.9 Å². The summed E-state index contributed by atoms with van der Waals surface area (Å²) in [6, 6.07) is 16.1. The summed E-state index contributed by atoms with van der Waals surface area (Å²) in [5, 5.41) is 6.25. The first kappa shape index (κ1) is 15.6. The van der Waals surface area contributed by atoms with E-state index in [0.29, 0.717) is 0 Å². The van der Waals surface area contributed by atoms with E-state index in [-0.39, 0.29) is 11.8 Å². The van der Waals surface area contributed by atoms with Crippen LogP contribution in [0.5, 0.6) is 5.75 Å². The zero-order chi connectivity index (χ0) is 16.1. The van der Waals surface area contributed by atoms with Gasteiger partial charge in [-0.25, -0.2) is 0 Å². The Bertz CT molecular complexity index is 664. The van der Waals surface area contributed by atoms with Crippen molar-refractivity contribution in [1.29, 1.82) is 0 Å². The van der Waals surface area contributed by atoms with Crippen molar-refractivity contribution < 1.29 is 9.53 Å². The van der Waals surface area contributed by atoms with Crippen molar-refractivity contribution in [2.24, 2.45) is 5.92 Å². The van der Waals surface area contributed by atoms with E-state index in [1.54, 1.807) is 7.11 Å². The number of anilines is 1. The van der Waals surface area contributed by atoms with Crippen molar-refractivity contribution in [2.45, 2.75) is 12.8 Å². The topological polar surface area (TPSA) is 50.4 Å². The van der Waals surface area contributed by atoms with Gasteiger partial charge in [0.05, 0.1) is 13.0 Å². The molecule has 4 heteroatoms. The molecule has 1 aliphatic rings. The van der Waals surface area contributed by atoms with Gasteiger partial charge < -0.3 is 15.4 Å². The minimum absolute atomic E-state index is 0.0645. The minimum atomic E-state index is 0.0645. The van der Waals surface area contributed by atoms with Crippen LogP contribution in [-0.2, 0) is 11.2 Å². The molecule has 1 heterocycles. The third-order valence-corrected chi connectivity index (χ3v) is 4.22. The van der Waals surface area contributed by atoms with Crippen LogP contribution in [0.1, 0.15) is 17.5 Å². The summed E-state index contributed by atoms with van der Waals surface area (Å²) >= 11 is 0. The van der Waals surface area contributed by atoms with Crippen LogP contribution in [0, 0.1) is 5.92 Å². The molecule has 3 rings (SSSR count). The number of benzene rings is 2. The van der Waals surface area contributed by atoms with Gasteiger partial charge in [0, 0.05) is 24.2 Å². The third kappa shape index (κ3) is 3.90. The van der Waals surface area contributed by atoms with Crippen LogP contribution in [-0.4, -0.2) is 26.1 Å². The summed E-state index contributed by atoms with van der Waals surface area (Å²) in [6.07, 6.45) is 1.68. The summed E-state index contributed by atoms with van der Waals surface area (Å²) in [7, 11) is 1.67. The summed E-state index contributed by atoms with van der Waals surface area (Å²) in [5.41, 5.74) is 3.11. The van der Waals surface area contributed by atoms with Gasteiger partial charge in [-0.15, -0.1) is 0 Å². The molecule has 1 unspecified atom stereocenters. The molecule has 2 N–H and O–H groups in total.